The second kappa shape index (κ2) is 14.6. The van der Waals surface area contributed by atoms with Crippen molar-refractivity contribution in [2.45, 2.75) is 71.0 Å². The number of rotatable bonds is 10. The van der Waals surface area contributed by atoms with E-state index in [1.54, 1.807) is 25.8 Å². The third-order valence-corrected chi connectivity index (χ3v) is 6.79. The van der Waals surface area contributed by atoms with E-state index in [1.807, 2.05) is 37.3 Å². The van der Waals surface area contributed by atoms with E-state index in [-0.39, 0.29) is 22.9 Å². The van der Waals surface area contributed by atoms with Gasteiger partial charge in [-0.3, -0.25) is 4.79 Å². The van der Waals surface area contributed by atoms with Crippen LogP contribution < -0.4 is 10.6 Å². The topological polar surface area (TPSA) is 109 Å². The summed E-state index contributed by atoms with van der Waals surface area (Å²) in [6.45, 7) is 10.6. The van der Waals surface area contributed by atoms with Gasteiger partial charge in [0.15, 0.2) is 0 Å². The highest BCUT2D eigenvalue weighted by Crippen LogP contribution is 2.38. The van der Waals surface area contributed by atoms with Crippen LogP contribution in [0.25, 0.3) is 11.5 Å². The van der Waals surface area contributed by atoms with Gasteiger partial charge in [0.25, 0.3) is 11.8 Å². The van der Waals surface area contributed by atoms with E-state index in [0.717, 1.165) is 31.2 Å². The van der Waals surface area contributed by atoms with E-state index in [0.29, 0.717) is 6.07 Å². The number of aryl methyl sites for hydroxylation is 2. The summed E-state index contributed by atoms with van der Waals surface area (Å²) >= 11 is 0. The Morgan fingerprint density at radius 3 is 2.27 bits per heavy atom. The maximum absolute atomic E-state index is 14.5. The van der Waals surface area contributed by atoms with Crippen molar-refractivity contribution in [2.75, 3.05) is 11.9 Å². The molecule has 3 rings (SSSR count). The number of hydrogen-bond donors (Lipinski definition) is 1. The van der Waals surface area contributed by atoms with Crippen LogP contribution in [0.3, 0.4) is 0 Å². The summed E-state index contributed by atoms with van der Waals surface area (Å²) in [6.07, 6.45) is -2.04. The molecule has 0 saturated heterocycles. The number of benzene rings is 2. The lowest BCUT2D eigenvalue weighted by molar-refractivity contribution is -0.121. The molecular formula is C32H35F6N5O2. The molecule has 0 spiro atoms. The van der Waals surface area contributed by atoms with Crippen LogP contribution in [-0.2, 0) is 22.6 Å². The Labute approximate surface area is 258 Å². The molecule has 0 aliphatic carbocycles. The number of Topliss-reactive ketones (excluding diaryl/α,β-unsaturated/α-hetero) is 1. The first-order chi connectivity index (χ1) is 20.7. The van der Waals surface area contributed by atoms with Gasteiger partial charge in [0.2, 0.25) is 5.89 Å². The molecule has 1 aromatic heterocycles. The van der Waals surface area contributed by atoms with Crippen LogP contribution in [0.15, 0.2) is 65.2 Å². The molecule has 0 bridgehead atoms. The summed E-state index contributed by atoms with van der Waals surface area (Å²) < 4.78 is 85.5. The van der Waals surface area contributed by atoms with Crippen molar-refractivity contribution in [1.29, 1.82) is 5.26 Å². The molecule has 7 nitrogen and oxygen atoms in total. The van der Waals surface area contributed by atoms with Crippen LogP contribution in [0, 0.1) is 24.1 Å². The van der Waals surface area contributed by atoms with E-state index in [1.165, 1.54) is 18.7 Å². The summed E-state index contributed by atoms with van der Waals surface area (Å²) in [5, 5.41) is 16.5. The number of nitrogens with two attached hydrogens (primary N) is 1. The maximum atomic E-state index is 14.5. The fraction of sp³-hybridized carbons (Fsp3) is 0.375. The molecule has 1 atom stereocenters. The van der Waals surface area contributed by atoms with Crippen molar-refractivity contribution in [3.63, 3.8) is 0 Å². The lowest BCUT2D eigenvalue weighted by Gasteiger charge is -2.22. The minimum Gasteiger partial charge on any atom is -0.419 e. The molecule has 45 heavy (non-hydrogen) atoms. The van der Waals surface area contributed by atoms with Gasteiger partial charge in [-0.25, -0.2) is 13.2 Å². The molecule has 0 aliphatic heterocycles. The molecule has 0 fully saturated rings. The van der Waals surface area contributed by atoms with Gasteiger partial charge in [-0.1, -0.05) is 25.6 Å². The van der Waals surface area contributed by atoms with Gasteiger partial charge in [0.05, 0.1) is 17.7 Å². The van der Waals surface area contributed by atoms with Crippen LogP contribution in [0.1, 0.15) is 56.7 Å². The number of nitrogens with zero attached hydrogens (tertiary/aromatic N) is 4. The number of carbonyl (C=O) groups is 1. The summed E-state index contributed by atoms with van der Waals surface area (Å²) in [5.41, 5.74) is 4.85. The quantitative estimate of drug-likeness (QED) is 0.180. The van der Waals surface area contributed by atoms with Crippen LogP contribution in [-0.4, -0.2) is 35.2 Å². The predicted octanol–water partition coefficient (Wildman–Crippen LogP) is 7.70. The van der Waals surface area contributed by atoms with Crippen molar-refractivity contribution in [1.82, 2.24) is 10.2 Å². The van der Waals surface area contributed by atoms with Gasteiger partial charge in [-0.05, 0) is 75.6 Å². The average molecular weight is 636 g/mol. The number of alkyl halides is 5. The van der Waals surface area contributed by atoms with Crippen molar-refractivity contribution < 1.29 is 35.6 Å². The van der Waals surface area contributed by atoms with Crippen LogP contribution in [0.4, 0.5) is 32.0 Å². The third kappa shape index (κ3) is 9.78. The fourth-order valence-corrected chi connectivity index (χ4v) is 3.75. The van der Waals surface area contributed by atoms with Crippen molar-refractivity contribution >= 4 is 11.5 Å². The van der Waals surface area contributed by atoms with Gasteiger partial charge in [0.1, 0.15) is 17.0 Å². The highest BCUT2D eigenvalue weighted by Gasteiger charge is 2.37. The molecule has 2 N–H and O–H groups in total. The highest BCUT2D eigenvalue weighted by atomic mass is 19.4. The standard InChI is InChI=1S/C18H19F3N4O2.C14H16F3N/c1-9-5-11(15-24-25-16(27-15)17(3,4)8-22)13(19)6-12(9)18(20,21)7-14(23)10(2)26;1-4-12-5-7-13(8-6-12)18(3)10-9-11(2)14(15,16)17/h5-6,14H,7,23H2,1-4H3;5-10H,2,4H2,1,3H3/b;10-9-. The van der Waals surface area contributed by atoms with Crippen LogP contribution in [0.5, 0.6) is 0 Å². The lowest BCUT2D eigenvalue weighted by atomic mass is 9.94. The Morgan fingerprint density at radius 2 is 1.76 bits per heavy atom. The zero-order valence-corrected chi connectivity index (χ0v) is 25.8. The van der Waals surface area contributed by atoms with Gasteiger partial charge in [-0.15, -0.1) is 10.2 Å². The second-order valence-electron chi connectivity index (χ2n) is 10.9. The van der Waals surface area contributed by atoms with Crippen molar-refractivity contribution in [3.8, 4) is 17.5 Å². The minimum atomic E-state index is -4.37. The van der Waals surface area contributed by atoms with Crippen molar-refractivity contribution in [2.24, 2.45) is 5.73 Å². The zero-order valence-electron chi connectivity index (χ0n) is 25.8. The first kappa shape index (κ1) is 36.8. The molecule has 0 aliphatic rings. The van der Waals surface area contributed by atoms with E-state index in [9.17, 15) is 31.1 Å². The number of allylic oxidation sites excluding steroid dienone is 2. The summed E-state index contributed by atoms with van der Waals surface area (Å²) in [4.78, 5) is 12.8. The summed E-state index contributed by atoms with van der Waals surface area (Å²) in [6, 6.07) is 10.1. The first-order valence-electron chi connectivity index (χ1n) is 13.7. The Bertz CT molecular complexity index is 1570. The molecule has 0 amide bonds. The molecule has 0 radical (unpaired) electrons. The number of hydrogen-bond acceptors (Lipinski definition) is 7. The number of nitriles is 1. The molecule has 242 valence electrons. The van der Waals surface area contributed by atoms with Crippen molar-refractivity contribution in [3.05, 3.63) is 89.2 Å². The van der Waals surface area contributed by atoms with Gasteiger partial charge in [0, 0.05) is 36.5 Å². The van der Waals surface area contributed by atoms with E-state index >= 15 is 0 Å². The second-order valence-corrected chi connectivity index (χ2v) is 10.9. The summed E-state index contributed by atoms with van der Waals surface area (Å²) in [7, 11) is 1.70. The third-order valence-electron chi connectivity index (χ3n) is 6.79. The summed E-state index contributed by atoms with van der Waals surface area (Å²) in [5.74, 6) is -5.29. The van der Waals surface area contributed by atoms with E-state index in [2.05, 4.69) is 16.8 Å². The SMILES string of the molecule is C=C(/C=C\N(C)c1ccc(CC)cc1)C(F)(F)F.CC(=O)C(N)CC(F)(F)c1cc(F)c(-c2nnc(C(C)(C)C#N)o2)cc1C. The van der Waals surface area contributed by atoms with E-state index < -0.39 is 52.7 Å². The number of carbonyl (C=O) groups excluding carboxylic acids is 1. The molecule has 2 aromatic carbocycles. The number of aromatic nitrogens is 2. The number of ketones is 1. The Morgan fingerprint density at radius 1 is 1.16 bits per heavy atom. The molecule has 1 heterocycles. The first-order valence-corrected chi connectivity index (χ1v) is 13.7. The highest BCUT2D eigenvalue weighted by molar-refractivity contribution is 5.81. The smallest absolute Gasteiger partial charge is 0.415 e. The lowest BCUT2D eigenvalue weighted by Crippen LogP contribution is -2.34. The Hall–Kier alpha value is -4.44. The van der Waals surface area contributed by atoms with Crippen LogP contribution >= 0.6 is 0 Å². The monoisotopic (exact) mass is 635 g/mol. The zero-order chi connectivity index (χ0) is 34.3. The average Bonchev–Trinajstić information content (AvgIpc) is 3.47. The Kier molecular flexibility index (Phi) is 11.9. The maximum Gasteiger partial charge on any atom is 0.415 e. The molecule has 1 unspecified atom stereocenters. The number of halogens is 6. The van der Waals surface area contributed by atoms with E-state index in [4.69, 9.17) is 15.4 Å². The molecule has 3 aromatic rings. The van der Waals surface area contributed by atoms with Gasteiger partial charge >= 0.3 is 6.18 Å². The number of anilines is 1. The molecule has 13 heteroatoms. The fourth-order valence-electron chi connectivity index (χ4n) is 3.75. The Balaban J connectivity index is 0.000000341. The normalized spacial score (nSPS) is 12.7. The molecule has 0 saturated carbocycles. The molecular weight excluding hydrogens is 600 g/mol. The van der Waals surface area contributed by atoms with Gasteiger partial charge in [-0.2, -0.15) is 18.4 Å². The van der Waals surface area contributed by atoms with Gasteiger partial charge < -0.3 is 15.1 Å². The predicted molar refractivity (Wildman–Crippen MR) is 159 cm³/mol. The van der Waals surface area contributed by atoms with Crippen LogP contribution in [0.2, 0.25) is 0 Å². The largest absolute Gasteiger partial charge is 0.419 e. The minimum absolute atomic E-state index is 0.0149.